The molecule has 0 aliphatic carbocycles. The highest BCUT2D eigenvalue weighted by molar-refractivity contribution is 7.89. The van der Waals surface area contributed by atoms with Gasteiger partial charge in [0.1, 0.15) is 5.82 Å². The number of carbonyl (C=O) groups is 1. The number of sulfonamides is 1. The molecule has 23 heavy (non-hydrogen) atoms. The molecule has 6 heteroatoms. The Bertz CT molecular complexity index is 664. The van der Waals surface area contributed by atoms with Gasteiger partial charge in [0.25, 0.3) is 0 Å². The number of rotatable bonds is 6. The van der Waals surface area contributed by atoms with E-state index in [9.17, 15) is 17.6 Å². The zero-order chi connectivity index (χ0) is 17.0. The van der Waals surface area contributed by atoms with Crippen LogP contribution in [0, 0.1) is 18.7 Å². The van der Waals surface area contributed by atoms with Crippen molar-refractivity contribution < 1.29 is 17.6 Å². The minimum atomic E-state index is -3.20. The molecule has 0 spiro atoms. The lowest BCUT2D eigenvalue weighted by Gasteiger charge is -2.30. The number of aryl methyl sites for hydroxylation is 1. The van der Waals surface area contributed by atoms with E-state index in [1.165, 1.54) is 16.4 Å². The molecule has 1 aromatic rings. The van der Waals surface area contributed by atoms with Crippen molar-refractivity contribution in [3.8, 4) is 0 Å². The topological polar surface area (TPSA) is 54.5 Å². The zero-order valence-electron chi connectivity index (χ0n) is 13.7. The molecule has 1 aliphatic rings. The Morgan fingerprint density at radius 1 is 1.30 bits per heavy atom. The van der Waals surface area contributed by atoms with E-state index in [2.05, 4.69) is 0 Å². The molecule has 1 aliphatic heterocycles. The summed E-state index contributed by atoms with van der Waals surface area (Å²) in [5.41, 5.74) is 0.964. The van der Waals surface area contributed by atoms with Crippen LogP contribution in [0.2, 0.25) is 0 Å². The first-order valence-corrected chi connectivity index (χ1v) is 9.74. The average molecular weight is 341 g/mol. The van der Waals surface area contributed by atoms with Gasteiger partial charge in [-0.15, -0.1) is 0 Å². The van der Waals surface area contributed by atoms with Crippen molar-refractivity contribution in [3.63, 3.8) is 0 Å². The van der Waals surface area contributed by atoms with Crippen LogP contribution >= 0.6 is 0 Å². The van der Waals surface area contributed by atoms with Crippen LogP contribution in [0.3, 0.4) is 0 Å². The lowest BCUT2D eigenvalue weighted by atomic mass is 9.89. The molecule has 1 fully saturated rings. The fraction of sp³-hybridized carbons (Fsp3) is 0.588. The molecular weight excluding hydrogens is 317 g/mol. The smallest absolute Gasteiger partial charge is 0.214 e. The predicted molar refractivity (Wildman–Crippen MR) is 88.5 cm³/mol. The van der Waals surface area contributed by atoms with Crippen molar-refractivity contribution in [2.45, 2.75) is 39.5 Å². The van der Waals surface area contributed by atoms with Crippen molar-refractivity contribution >= 4 is 15.8 Å². The number of nitrogens with zero attached hydrogens (tertiary/aromatic N) is 1. The molecular formula is C17H24FNO3S. The van der Waals surface area contributed by atoms with Gasteiger partial charge in [-0.1, -0.05) is 13.3 Å². The van der Waals surface area contributed by atoms with Gasteiger partial charge in [0.15, 0.2) is 5.78 Å². The normalized spacial score (nSPS) is 17.3. The summed E-state index contributed by atoms with van der Waals surface area (Å²) >= 11 is 0. The van der Waals surface area contributed by atoms with Gasteiger partial charge in [0, 0.05) is 24.6 Å². The summed E-state index contributed by atoms with van der Waals surface area (Å²) in [5, 5.41) is 0. The van der Waals surface area contributed by atoms with E-state index < -0.39 is 10.0 Å². The van der Waals surface area contributed by atoms with Crippen molar-refractivity contribution in [2.75, 3.05) is 18.8 Å². The average Bonchev–Trinajstić information content (AvgIpc) is 2.55. The second-order valence-corrected chi connectivity index (χ2v) is 8.26. The van der Waals surface area contributed by atoms with Gasteiger partial charge < -0.3 is 0 Å². The highest BCUT2D eigenvalue weighted by atomic mass is 32.2. The van der Waals surface area contributed by atoms with E-state index in [0.29, 0.717) is 43.5 Å². The van der Waals surface area contributed by atoms with Crippen LogP contribution in [-0.2, 0) is 10.0 Å². The standard InChI is InChI=1S/C17H24FNO3S/c1-3-4-11-23(21,22)19-9-7-14(8-10-19)17(20)15-5-6-16(18)13(2)12-15/h5-6,12,14H,3-4,7-11H2,1-2H3. The van der Waals surface area contributed by atoms with Crippen LogP contribution in [-0.4, -0.2) is 37.3 Å². The monoisotopic (exact) mass is 341 g/mol. The fourth-order valence-corrected chi connectivity index (χ4v) is 4.56. The Morgan fingerprint density at radius 3 is 2.52 bits per heavy atom. The summed E-state index contributed by atoms with van der Waals surface area (Å²) in [5.74, 6) is -0.339. The van der Waals surface area contributed by atoms with E-state index in [0.717, 1.165) is 6.42 Å². The second kappa shape index (κ2) is 7.53. The van der Waals surface area contributed by atoms with E-state index >= 15 is 0 Å². The minimum Gasteiger partial charge on any atom is -0.294 e. The second-order valence-electron chi connectivity index (χ2n) is 6.17. The number of benzene rings is 1. The van der Waals surface area contributed by atoms with E-state index in [-0.39, 0.29) is 23.3 Å². The van der Waals surface area contributed by atoms with Gasteiger partial charge in [-0.3, -0.25) is 4.79 Å². The molecule has 0 atom stereocenters. The number of hydrogen-bond acceptors (Lipinski definition) is 3. The highest BCUT2D eigenvalue weighted by Crippen LogP contribution is 2.24. The molecule has 2 rings (SSSR count). The molecule has 0 saturated carbocycles. The third-order valence-corrected chi connectivity index (χ3v) is 6.37. The maximum absolute atomic E-state index is 13.3. The van der Waals surface area contributed by atoms with Crippen molar-refractivity contribution in [1.82, 2.24) is 4.31 Å². The van der Waals surface area contributed by atoms with Crippen LogP contribution in [0.15, 0.2) is 18.2 Å². The molecule has 4 nitrogen and oxygen atoms in total. The van der Waals surface area contributed by atoms with Crippen LogP contribution in [0.25, 0.3) is 0 Å². The summed E-state index contributed by atoms with van der Waals surface area (Å²) in [6.07, 6.45) is 2.56. The molecule has 0 aromatic heterocycles. The quantitative estimate of drug-likeness (QED) is 0.747. The van der Waals surface area contributed by atoms with E-state index in [1.807, 2.05) is 6.92 Å². The van der Waals surface area contributed by atoms with Crippen LogP contribution in [0.4, 0.5) is 4.39 Å². The molecule has 0 bridgehead atoms. The Morgan fingerprint density at radius 2 is 1.96 bits per heavy atom. The highest BCUT2D eigenvalue weighted by Gasteiger charge is 2.31. The van der Waals surface area contributed by atoms with Crippen molar-refractivity contribution in [2.24, 2.45) is 5.92 Å². The molecule has 0 N–H and O–H groups in total. The largest absolute Gasteiger partial charge is 0.294 e. The maximum Gasteiger partial charge on any atom is 0.214 e. The molecule has 0 radical (unpaired) electrons. The van der Waals surface area contributed by atoms with Gasteiger partial charge in [-0.05, 0) is 49.9 Å². The fourth-order valence-electron chi connectivity index (χ4n) is 2.89. The van der Waals surface area contributed by atoms with E-state index in [4.69, 9.17) is 0 Å². The Hall–Kier alpha value is -1.27. The number of hydrogen-bond donors (Lipinski definition) is 0. The summed E-state index contributed by atoms with van der Waals surface area (Å²) in [4.78, 5) is 12.5. The summed E-state index contributed by atoms with van der Waals surface area (Å²) in [6, 6.07) is 4.39. The molecule has 1 heterocycles. The molecule has 1 aromatic carbocycles. The predicted octanol–water partition coefficient (Wildman–Crippen LogP) is 3.16. The summed E-state index contributed by atoms with van der Waals surface area (Å²) < 4.78 is 39.2. The van der Waals surface area contributed by atoms with Crippen molar-refractivity contribution in [3.05, 3.63) is 35.1 Å². The number of piperidine rings is 1. The number of halogens is 1. The molecule has 0 unspecified atom stereocenters. The maximum atomic E-state index is 13.3. The first-order chi connectivity index (χ1) is 10.8. The van der Waals surface area contributed by atoms with Gasteiger partial charge in [0.05, 0.1) is 5.75 Å². The molecule has 0 amide bonds. The lowest BCUT2D eigenvalue weighted by molar-refractivity contribution is 0.0875. The Kier molecular flexibility index (Phi) is 5.92. The Balaban J connectivity index is 1.98. The third kappa shape index (κ3) is 4.38. The molecule has 1 saturated heterocycles. The van der Waals surface area contributed by atoms with Crippen LogP contribution < -0.4 is 0 Å². The van der Waals surface area contributed by atoms with Gasteiger partial charge in [-0.2, -0.15) is 0 Å². The number of carbonyl (C=O) groups excluding carboxylic acids is 1. The molecule has 128 valence electrons. The third-order valence-electron chi connectivity index (χ3n) is 4.42. The first-order valence-electron chi connectivity index (χ1n) is 8.13. The number of ketones is 1. The van der Waals surface area contributed by atoms with Crippen molar-refractivity contribution in [1.29, 1.82) is 0 Å². The van der Waals surface area contributed by atoms with E-state index in [1.54, 1.807) is 13.0 Å². The number of Topliss-reactive ketones (excluding diaryl/α,β-unsaturated/α-hetero) is 1. The SMILES string of the molecule is CCCCS(=O)(=O)N1CCC(C(=O)c2ccc(F)c(C)c2)CC1. The number of unbranched alkanes of at least 4 members (excludes halogenated alkanes) is 1. The summed E-state index contributed by atoms with van der Waals surface area (Å²) in [6.45, 7) is 4.38. The van der Waals surface area contributed by atoms with Crippen LogP contribution in [0.1, 0.15) is 48.5 Å². The van der Waals surface area contributed by atoms with Gasteiger partial charge >= 0.3 is 0 Å². The lowest BCUT2D eigenvalue weighted by Crippen LogP contribution is -2.41. The van der Waals surface area contributed by atoms with Crippen LogP contribution in [0.5, 0.6) is 0 Å². The summed E-state index contributed by atoms with van der Waals surface area (Å²) in [7, 11) is -3.20. The Labute approximate surface area is 137 Å². The van der Waals surface area contributed by atoms with Gasteiger partial charge in [-0.25, -0.2) is 17.1 Å². The van der Waals surface area contributed by atoms with Gasteiger partial charge in [0.2, 0.25) is 10.0 Å². The minimum absolute atomic E-state index is 0.0151. The zero-order valence-corrected chi connectivity index (χ0v) is 14.5. The first kappa shape index (κ1) is 18.1.